The number of rotatable bonds is 0. The second-order valence-electron chi connectivity index (χ2n) is 4.14. The SMILES string of the molecule is CC1CC2=C(C=CCC=C2)N(C)C1. The summed E-state index contributed by atoms with van der Waals surface area (Å²) < 4.78 is 0. The molecule has 0 bridgehead atoms. The van der Waals surface area contributed by atoms with Gasteiger partial charge in [0.25, 0.3) is 0 Å². The van der Waals surface area contributed by atoms with Gasteiger partial charge in [-0.05, 0) is 30.4 Å². The van der Waals surface area contributed by atoms with E-state index in [1.54, 1.807) is 0 Å². The van der Waals surface area contributed by atoms with Crippen LogP contribution >= 0.6 is 0 Å². The van der Waals surface area contributed by atoms with Crippen molar-refractivity contribution in [3.63, 3.8) is 0 Å². The van der Waals surface area contributed by atoms with Crippen molar-refractivity contribution in [3.8, 4) is 0 Å². The molecule has 0 aromatic carbocycles. The fourth-order valence-electron chi connectivity index (χ4n) is 2.21. The first-order chi connectivity index (χ1) is 6.27. The van der Waals surface area contributed by atoms with Gasteiger partial charge >= 0.3 is 0 Å². The van der Waals surface area contributed by atoms with Crippen LogP contribution in [0.25, 0.3) is 0 Å². The van der Waals surface area contributed by atoms with Crippen molar-refractivity contribution in [3.05, 3.63) is 35.6 Å². The van der Waals surface area contributed by atoms with Gasteiger partial charge in [0, 0.05) is 19.3 Å². The highest BCUT2D eigenvalue weighted by molar-refractivity contribution is 5.36. The first-order valence-electron chi connectivity index (χ1n) is 5.04. The molecule has 0 amide bonds. The van der Waals surface area contributed by atoms with Crippen LogP contribution in [0.1, 0.15) is 19.8 Å². The van der Waals surface area contributed by atoms with Gasteiger partial charge < -0.3 is 4.90 Å². The lowest BCUT2D eigenvalue weighted by atomic mass is 9.94. The van der Waals surface area contributed by atoms with E-state index >= 15 is 0 Å². The van der Waals surface area contributed by atoms with Crippen molar-refractivity contribution >= 4 is 0 Å². The normalized spacial score (nSPS) is 27.5. The average Bonchev–Trinajstić information content (AvgIpc) is 2.28. The molecule has 1 aliphatic carbocycles. The molecular weight excluding hydrogens is 158 g/mol. The Labute approximate surface area is 80.4 Å². The standard InChI is InChI=1S/C12H17N/c1-10-8-11-6-4-3-5-7-12(11)13(2)9-10/h4-7,10H,3,8-9H2,1-2H3. The van der Waals surface area contributed by atoms with Gasteiger partial charge in [-0.1, -0.05) is 25.2 Å². The number of hydrogen-bond acceptors (Lipinski definition) is 1. The van der Waals surface area contributed by atoms with Gasteiger partial charge in [0.1, 0.15) is 0 Å². The Morgan fingerprint density at radius 2 is 2.08 bits per heavy atom. The molecule has 0 saturated heterocycles. The van der Waals surface area contributed by atoms with Crippen LogP contribution in [0.2, 0.25) is 0 Å². The summed E-state index contributed by atoms with van der Waals surface area (Å²) >= 11 is 0. The molecule has 1 heterocycles. The Hall–Kier alpha value is -0.980. The van der Waals surface area contributed by atoms with Crippen LogP contribution in [0.15, 0.2) is 35.6 Å². The van der Waals surface area contributed by atoms with Gasteiger partial charge in [-0.15, -0.1) is 0 Å². The van der Waals surface area contributed by atoms with Crippen molar-refractivity contribution in [1.29, 1.82) is 0 Å². The molecule has 0 spiro atoms. The lowest BCUT2D eigenvalue weighted by Gasteiger charge is -2.31. The molecular formula is C12H17N. The minimum absolute atomic E-state index is 0.792. The van der Waals surface area contributed by atoms with Crippen LogP contribution in [-0.4, -0.2) is 18.5 Å². The van der Waals surface area contributed by atoms with Crippen LogP contribution in [0, 0.1) is 5.92 Å². The van der Waals surface area contributed by atoms with Crippen LogP contribution in [0.5, 0.6) is 0 Å². The molecule has 0 fully saturated rings. The fraction of sp³-hybridized carbons (Fsp3) is 0.500. The first kappa shape index (κ1) is 8.61. The summed E-state index contributed by atoms with van der Waals surface area (Å²) in [5, 5.41) is 0. The number of nitrogens with zero attached hydrogens (tertiary/aromatic N) is 1. The Balaban J connectivity index is 2.35. The zero-order chi connectivity index (χ0) is 9.26. The number of likely N-dealkylation sites (N-methyl/N-ethyl adjacent to an activating group) is 1. The highest BCUT2D eigenvalue weighted by Gasteiger charge is 2.18. The van der Waals surface area contributed by atoms with Crippen LogP contribution in [-0.2, 0) is 0 Å². The van der Waals surface area contributed by atoms with Crippen molar-refractivity contribution < 1.29 is 0 Å². The minimum atomic E-state index is 0.792. The summed E-state index contributed by atoms with van der Waals surface area (Å²) in [6.07, 6.45) is 11.4. The summed E-state index contributed by atoms with van der Waals surface area (Å²) in [6.45, 7) is 3.51. The smallest absolute Gasteiger partial charge is 0.0393 e. The first-order valence-corrected chi connectivity index (χ1v) is 5.04. The van der Waals surface area contributed by atoms with E-state index in [1.165, 1.54) is 24.2 Å². The summed E-state index contributed by atoms with van der Waals surface area (Å²) in [5.74, 6) is 0.792. The minimum Gasteiger partial charge on any atom is -0.374 e. The second kappa shape index (κ2) is 3.41. The molecule has 0 aromatic rings. The summed E-state index contributed by atoms with van der Waals surface area (Å²) in [4.78, 5) is 2.37. The Bertz CT molecular complexity index is 283. The van der Waals surface area contributed by atoms with Gasteiger partial charge in [0.2, 0.25) is 0 Å². The molecule has 2 aliphatic rings. The van der Waals surface area contributed by atoms with Crippen molar-refractivity contribution in [2.24, 2.45) is 5.92 Å². The van der Waals surface area contributed by atoms with Gasteiger partial charge in [0.05, 0.1) is 0 Å². The molecule has 1 unspecified atom stereocenters. The predicted molar refractivity (Wildman–Crippen MR) is 56.3 cm³/mol. The van der Waals surface area contributed by atoms with E-state index < -0.39 is 0 Å². The number of hydrogen-bond donors (Lipinski definition) is 0. The average molecular weight is 175 g/mol. The summed E-state index contributed by atoms with van der Waals surface area (Å²) in [5.41, 5.74) is 2.93. The molecule has 1 nitrogen and oxygen atoms in total. The fourth-order valence-corrected chi connectivity index (χ4v) is 2.21. The van der Waals surface area contributed by atoms with Crippen molar-refractivity contribution in [2.45, 2.75) is 19.8 Å². The highest BCUT2D eigenvalue weighted by Crippen LogP contribution is 2.28. The van der Waals surface area contributed by atoms with Crippen LogP contribution in [0.4, 0.5) is 0 Å². The van der Waals surface area contributed by atoms with Crippen LogP contribution in [0.3, 0.4) is 0 Å². The van der Waals surface area contributed by atoms with Crippen molar-refractivity contribution in [1.82, 2.24) is 4.90 Å². The van der Waals surface area contributed by atoms with E-state index in [9.17, 15) is 0 Å². The molecule has 0 radical (unpaired) electrons. The zero-order valence-electron chi connectivity index (χ0n) is 8.46. The highest BCUT2D eigenvalue weighted by atomic mass is 15.1. The Morgan fingerprint density at radius 3 is 2.92 bits per heavy atom. The Morgan fingerprint density at radius 1 is 1.31 bits per heavy atom. The van der Waals surface area contributed by atoms with Gasteiger partial charge in [0.15, 0.2) is 0 Å². The maximum absolute atomic E-state index is 2.37. The maximum atomic E-state index is 2.37. The summed E-state index contributed by atoms with van der Waals surface area (Å²) in [7, 11) is 2.19. The molecule has 0 saturated carbocycles. The third-order valence-electron chi connectivity index (χ3n) is 2.76. The van der Waals surface area contributed by atoms with Gasteiger partial charge in [-0.2, -0.15) is 0 Å². The summed E-state index contributed by atoms with van der Waals surface area (Å²) in [6, 6.07) is 0. The van der Waals surface area contributed by atoms with E-state index in [0.717, 1.165) is 12.3 Å². The van der Waals surface area contributed by atoms with E-state index in [2.05, 4.69) is 43.2 Å². The quantitative estimate of drug-likeness (QED) is 0.547. The maximum Gasteiger partial charge on any atom is 0.0393 e. The predicted octanol–water partition coefficient (Wildman–Crippen LogP) is 2.73. The van der Waals surface area contributed by atoms with E-state index in [0.29, 0.717) is 0 Å². The topological polar surface area (TPSA) is 3.24 Å². The van der Waals surface area contributed by atoms with E-state index in [4.69, 9.17) is 0 Å². The molecule has 13 heavy (non-hydrogen) atoms. The number of allylic oxidation sites excluding steroid dienone is 5. The lowest BCUT2D eigenvalue weighted by molar-refractivity contribution is 0.326. The molecule has 2 rings (SSSR count). The third kappa shape index (κ3) is 1.69. The molecule has 0 N–H and O–H groups in total. The van der Waals surface area contributed by atoms with Gasteiger partial charge in [-0.25, -0.2) is 0 Å². The third-order valence-corrected chi connectivity index (χ3v) is 2.76. The van der Waals surface area contributed by atoms with Crippen LogP contribution < -0.4 is 0 Å². The molecule has 1 aliphatic heterocycles. The zero-order valence-corrected chi connectivity index (χ0v) is 8.46. The largest absolute Gasteiger partial charge is 0.374 e. The molecule has 1 atom stereocenters. The molecule has 70 valence electrons. The Kier molecular flexibility index (Phi) is 2.26. The van der Waals surface area contributed by atoms with E-state index in [1.807, 2.05) is 0 Å². The second-order valence-corrected chi connectivity index (χ2v) is 4.14. The van der Waals surface area contributed by atoms with Gasteiger partial charge in [-0.3, -0.25) is 0 Å². The monoisotopic (exact) mass is 175 g/mol. The van der Waals surface area contributed by atoms with E-state index in [-0.39, 0.29) is 0 Å². The molecule has 0 aromatic heterocycles. The molecule has 1 heteroatoms. The van der Waals surface area contributed by atoms with Crippen molar-refractivity contribution in [2.75, 3.05) is 13.6 Å². The lowest BCUT2D eigenvalue weighted by Crippen LogP contribution is -2.28.